The van der Waals surface area contributed by atoms with Crippen molar-refractivity contribution in [3.8, 4) is 5.75 Å². The second-order valence-corrected chi connectivity index (χ2v) is 5.58. The van der Waals surface area contributed by atoms with Crippen LogP contribution in [0, 0.1) is 0 Å². The van der Waals surface area contributed by atoms with Gasteiger partial charge in [0.05, 0.1) is 18.8 Å². The maximum atomic E-state index is 11.5. The number of esters is 1. The maximum absolute atomic E-state index is 11.5. The number of hydrogen-bond donors (Lipinski definition) is 0. The molecule has 0 heterocycles. The molecule has 0 fully saturated rings. The molecule has 0 atom stereocenters. The summed E-state index contributed by atoms with van der Waals surface area (Å²) in [6, 6.07) is 5.40. The smallest absolute Gasteiger partial charge is 0.305 e. The predicted molar refractivity (Wildman–Crippen MR) is 84.7 cm³/mol. The van der Waals surface area contributed by atoms with Crippen LogP contribution in [0.25, 0.3) is 0 Å². The van der Waals surface area contributed by atoms with Gasteiger partial charge in [-0.3, -0.25) is 9.59 Å². The van der Waals surface area contributed by atoms with E-state index in [0.717, 1.165) is 23.7 Å². The van der Waals surface area contributed by atoms with Crippen LogP contribution in [0.5, 0.6) is 5.75 Å². The van der Waals surface area contributed by atoms with Crippen molar-refractivity contribution in [1.29, 1.82) is 0 Å². The Balaban J connectivity index is 2.30. The minimum Gasteiger partial charge on any atom is -0.493 e. The van der Waals surface area contributed by atoms with Crippen LogP contribution in [-0.2, 0) is 9.53 Å². The predicted octanol–water partition coefficient (Wildman–Crippen LogP) is 4.15. The molecule has 4 nitrogen and oxygen atoms in total. The molecule has 21 heavy (non-hydrogen) atoms. The fraction of sp³-hybridized carbons (Fsp3) is 0.500. The molecule has 0 bridgehead atoms. The number of ketones is 1. The van der Waals surface area contributed by atoms with Gasteiger partial charge in [-0.1, -0.05) is 15.9 Å². The average molecular weight is 357 g/mol. The van der Waals surface area contributed by atoms with Gasteiger partial charge in [0.15, 0.2) is 5.78 Å². The standard InChI is InChI=1S/C16H21BrO4/c1-3-20-16(19)7-5-4-6-10-21-15-9-8-13(17)11-14(15)12(2)18/h8-9,11H,3-7,10H2,1-2H3. The summed E-state index contributed by atoms with van der Waals surface area (Å²) >= 11 is 3.34. The lowest BCUT2D eigenvalue weighted by molar-refractivity contribution is -0.143. The third-order valence-corrected chi connectivity index (χ3v) is 3.40. The summed E-state index contributed by atoms with van der Waals surface area (Å²) in [5.74, 6) is 0.440. The molecule has 5 heteroatoms. The van der Waals surface area contributed by atoms with E-state index in [0.29, 0.717) is 30.9 Å². The van der Waals surface area contributed by atoms with E-state index in [9.17, 15) is 9.59 Å². The minimum atomic E-state index is -0.148. The number of rotatable bonds is 9. The summed E-state index contributed by atoms with van der Waals surface area (Å²) < 4.78 is 11.4. The van der Waals surface area contributed by atoms with Crippen LogP contribution in [0.2, 0.25) is 0 Å². The lowest BCUT2D eigenvalue weighted by Gasteiger charge is -2.10. The van der Waals surface area contributed by atoms with Crippen molar-refractivity contribution < 1.29 is 19.1 Å². The highest BCUT2D eigenvalue weighted by molar-refractivity contribution is 9.10. The van der Waals surface area contributed by atoms with Crippen molar-refractivity contribution in [2.24, 2.45) is 0 Å². The number of ether oxygens (including phenoxy) is 2. The summed E-state index contributed by atoms with van der Waals surface area (Å²) in [4.78, 5) is 22.7. The number of carbonyl (C=O) groups is 2. The van der Waals surface area contributed by atoms with Crippen molar-refractivity contribution in [2.75, 3.05) is 13.2 Å². The molecular formula is C16H21BrO4. The van der Waals surface area contributed by atoms with E-state index in [1.807, 2.05) is 6.07 Å². The molecule has 0 N–H and O–H groups in total. The van der Waals surface area contributed by atoms with Gasteiger partial charge in [-0.2, -0.15) is 0 Å². The van der Waals surface area contributed by atoms with Gasteiger partial charge in [0, 0.05) is 10.9 Å². The normalized spacial score (nSPS) is 10.2. The fourth-order valence-corrected chi connectivity index (χ4v) is 2.23. The van der Waals surface area contributed by atoms with Crippen LogP contribution in [0.15, 0.2) is 22.7 Å². The van der Waals surface area contributed by atoms with E-state index >= 15 is 0 Å². The zero-order valence-corrected chi connectivity index (χ0v) is 14.1. The first-order valence-electron chi connectivity index (χ1n) is 7.13. The molecule has 0 radical (unpaired) electrons. The van der Waals surface area contributed by atoms with E-state index in [-0.39, 0.29) is 11.8 Å². The summed E-state index contributed by atoms with van der Waals surface area (Å²) in [6.07, 6.45) is 2.98. The number of unbranched alkanes of at least 4 members (excludes halogenated alkanes) is 2. The van der Waals surface area contributed by atoms with Crippen LogP contribution < -0.4 is 4.74 Å². The van der Waals surface area contributed by atoms with E-state index in [4.69, 9.17) is 9.47 Å². The first-order chi connectivity index (χ1) is 10.0. The summed E-state index contributed by atoms with van der Waals surface area (Å²) in [5, 5.41) is 0. The van der Waals surface area contributed by atoms with Gasteiger partial charge in [-0.05, 0) is 51.3 Å². The molecule has 0 aliphatic heterocycles. The molecule has 0 aliphatic rings. The van der Waals surface area contributed by atoms with Crippen LogP contribution in [-0.4, -0.2) is 25.0 Å². The molecule has 1 rings (SSSR count). The first kappa shape index (κ1) is 17.7. The Hall–Kier alpha value is -1.36. The van der Waals surface area contributed by atoms with E-state index in [1.165, 1.54) is 6.92 Å². The van der Waals surface area contributed by atoms with Gasteiger partial charge in [0.2, 0.25) is 0 Å². The lowest BCUT2D eigenvalue weighted by atomic mass is 10.1. The van der Waals surface area contributed by atoms with Gasteiger partial charge in [0.1, 0.15) is 5.75 Å². The SMILES string of the molecule is CCOC(=O)CCCCCOc1ccc(Br)cc1C(C)=O. The summed E-state index contributed by atoms with van der Waals surface area (Å²) in [7, 11) is 0. The van der Waals surface area contributed by atoms with Crippen molar-refractivity contribution in [2.45, 2.75) is 39.5 Å². The quantitative estimate of drug-likeness (QED) is 0.378. The Morgan fingerprint density at radius 3 is 2.62 bits per heavy atom. The van der Waals surface area contributed by atoms with Crippen molar-refractivity contribution >= 4 is 27.7 Å². The molecule has 0 saturated carbocycles. The molecule has 0 unspecified atom stereocenters. The summed E-state index contributed by atoms with van der Waals surface area (Å²) in [5.41, 5.74) is 0.580. The molecule has 0 aromatic heterocycles. The highest BCUT2D eigenvalue weighted by atomic mass is 79.9. The maximum Gasteiger partial charge on any atom is 0.305 e. The Bertz CT molecular complexity index is 485. The number of Topliss-reactive ketones (excluding diaryl/α,β-unsaturated/α-hetero) is 1. The topological polar surface area (TPSA) is 52.6 Å². The first-order valence-corrected chi connectivity index (χ1v) is 7.92. The van der Waals surface area contributed by atoms with Gasteiger partial charge in [0.25, 0.3) is 0 Å². The van der Waals surface area contributed by atoms with Gasteiger partial charge in [-0.15, -0.1) is 0 Å². The molecule has 1 aromatic rings. The Labute approximate surface area is 133 Å². The van der Waals surface area contributed by atoms with Crippen molar-refractivity contribution in [3.63, 3.8) is 0 Å². The number of halogens is 1. The van der Waals surface area contributed by atoms with E-state index < -0.39 is 0 Å². The zero-order valence-electron chi connectivity index (χ0n) is 12.5. The molecule has 0 saturated heterocycles. The third kappa shape index (κ3) is 6.76. The Morgan fingerprint density at radius 2 is 1.95 bits per heavy atom. The van der Waals surface area contributed by atoms with Crippen molar-refractivity contribution in [3.05, 3.63) is 28.2 Å². The van der Waals surface area contributed by atoms with Gasteiger partial charge >= 0.3 is 5.97 Å². The number of carbonyl (C=O) groups excluding carboxylic acids is 2. The molecular weight excluding hydrogens is 336 g/mol. The zero-order chi connectivity index (χ0) is 15.7. The molecule has 0 spiro atoms. The Kier molecular flexibility index (Phi) is 8.05. The monoisotopic (exact) mass is 356 g/mol. The van der Waals surface area contributed by atoms with Crippen LogP contribution in [0.4, 0.5) is 0 Å². The second kappa shape index (κ2) is 9.55. The van der Waals surface area contributed by atoms with Gasteiger partial charge in [-0.25, -0.2) is 0 Å². The molecule has 116 valence electrons. The second-order valence-electron chi connectivity index (χ2n) is 4.66. The average Bonchev–Trinajstić information content (AvgIpc) is 2.44. The molecule has 0 amide bonds. The van der Waals surface area contributed by atoms with Crippen LogP contribution in [0.3, 0.4) is 0 Å². The van der Waals surface area contributed by atoms with E-state index in [2.05, 4.69) is 15.9 Å². The molecule has 1 aromatic carbocycles. The fourth-order valence-electron chi connectivity index (χ4n) is 1.87. The van der Waals surface area contributed by atoms with Crippen LogP contribution in [0.1, 0.15) is 49.9 Å². The van der Waals surface area contributed by atoms with Crippen LogP contribution >= 0.6 is 15.9 Å². The molecule has 0 aliphatic carbocycles. The largest absolute Gasteiger partial charge is 0.493 e. The highest BCUT2D eigenvalue weighted by Gasteiger charge is 2.09. The van der Waals surface area contributed by atoms with Crippen molar-refractivity contribution in [1.82, 2.24) is 0 Å². The third-order valence-electron chi connectivity index (χ3n) is 2.91. The number of benzene rings is 1. The Morgan fingerprint density at radius 1 is 1.19 bits per heavy atom. The lowest BCUT2D eigenvalue weighted by Crippen LogP contribution is -2.05. The number of hydrogen-bond acceptors (Lipinski definition) is 4. The minimum absolute atomic E-state index is 0.0198. The summed E-state index contributed by atoms with van der Waals surface area (Å²) in [6.45, 7) is 4.29. The van der Waals surface area contributed by atoms with E-state index in [1.54, 1.807) is 19.1 Å². The van der Waals surface area contributed by atoms with Gasteiger partial charge < -0.3 is 9.47 Å². The highest BCUT2D eigenvalue weighted by Crippen LogP contribution is 2.24.